The quantitative estimate of drug-likeness (QED) is 0.593. The molecule has 0 spiro atoms. The Balaban J connectivity index is 1.52. The van der Waals surface area contributed by atoms with Gasteiger partial charge in [-0.15, -0.1) is 0 Å². The van der Waals surface area contributed by atoms with E-state index < -0.39 is 0 Å². The van der Waals surface area contributed by atoms with E-state index in [1.807, 2.05) is 36.1 Å². The Morgan fingerprint density at radius 2 is 1.88 bits per heavy atom. The number of pyridine rings is 1. The zero-order chi connectivity index (χ0) is 23.4. The van der Waals surface area contributed by atoms with Crippen LogP contribution < -0.4 is 5.73 Å². The number of aryl methyl sites for hydroxylation is 1. The molecule has 1 atom stereocenters. The summed E-state index contributed by atoms with van der Waals surface area (Å²) in [6.07, 6.45) is 5.51. The number of nitrogens with two attached hydrogens (primary N) is 1. The van der Waals surface area contributed by atoms with Crippen LogP contribution in [-0.2, 0) is 11.3 Å². The average molecular weight is 445 g/mol. The molecule has 1 saturated heterocycles. The van der Waals surface area contributed by atoms with Crippen molar-refractivity contribution in [3.8, 4) is 11.1 Å². The maximum atomic E-state index is 13.3. The zero-order valence-corrected chi connectivity index (χ0v) is 19.6. The van der Waals surface area contributed by atoms with Crippen LogP contribution >= 0.6 is 0 Å². The molecule has 1 aliphatic rings. The van der Waals surface area contributed by atoms with Gasteiger partial charge in [0.25, 0.3) is 0 Å². The minimum atomic E-state index is 0.119. The first kappa shape index (κ1) is 22.9. The second-order valence-corrected chi connectivity index (χ2v) is 8.98. The van der Waals surface area contributed by atoms with Gasteiger partial charge >= 0.3 is 0 Å². The molecule has 172 valence electrons. The van der Waals surface area contributed by atoms with Crippen molar-refractivity contribution in [3.05, 3.63) is 71.8 Å². The van der Waals surface area contributed by atoms with Gasteiger partial charge in [0.1, 0.15) is 0 Å². The van der Waals surface area contributed by atoms with E-state index in [1.54, 1.807) is 12.4 Å². The van der Waals surface area contributed by atoms with Gasteiger partial charge in [-0.05, 0) is 63.4 Å². The zero-order valence-electron chi connectivity index (χ0n) is 19.6. The Labute approximate surface area is 195 Å². The number of carbonyl (C=O) groups is 1. The van der Waals surface area contributed by atoms with Crippen LogP contribution in [0.4, 0.5) is 5.95 Å². The van der Waals surface area contributed by atoms with Crippen LogP contribution in [0.3, 0.4) is 0 Å². The molecule has 1 amide bonds. The molecule has 2 aromatic heterocycles. The predicted octanol–water partition coefficient (Wildman–Crippen LogP) is 4.00. The van der Waals surface area contributed by atoms with Gasteiger partial charge in [-0.25, -0.2) is 9.97 Å². The van der Waals surface area contributed by atoms with Gasteiger partial charge in [0.15, 0.2) is 0 Å². The fourth-order valence-corrected chi connectivity index (χ4v) is 4.47. The van der Waals surface area contributed by atoms with Gasteiger partial charge in [-0.1, -0.05) is 30.3 Å². The third-order valence-corrected chi connectivity index (χ3v) is 6.16. The van der Waals surface area contributed by atoms with E-state index in [-0.39, 0.29) is 23.9 Å². The number of hydrogen-bond donors (Lipinski definition) is 1. The lowest BCUT2D eigenvalue weighted by molar-refractivity contribution is -0.135. The molecule has 0 radical (unpaired) electrons. The highest BCUT2D eigenvalue weighted by Gasteiger charge is 2.31. The minimum Gasteiger partial charge on any atom is -0.368 e. The van der Waals surface area contributed by atoms with Gasteiger partial charge < -0.3 is 10.6 Å². The fraction of sp³-hybridized carbons (Fsp3) is 0.385. The van der Waals surface area contributed by atoms with Crippen LogP contribution in [-0.4, -0.2) is 49.8 Å². The van der Waals surface area contributed by atoms with Gasteiger partial charge in [0.2, 0.25) is 11.9 Å². The molecule has 7 nitrogen and oxygen atoms in total. The number of nitrogen functional groups attached to an aromatic ring is 1. The molecular formula is C26H32N6O. The predicted molar refractivity (Wildman–Crippen MR) is 130 cm³/mol. The molecule has 1 aromatic carbocycles. The first-order valence-corrected chi connectivity index (χ1v) is 11.5. The summed E-state index contributed by atoms with van der Waals surface area (Å²) < 4.78 is 0. The van der Waals surface area contributed by atoms with Crippen molar-refractivity contribution in [2.24, 2.45) is 0 Å². The summed E-state index contributed by atoms with van der Waals surface area (Å²) in [6, 6.07) is 14.5. The summed E-state index contributed by atoms with van der Waals surface area (Å²) in [4.78, 5) is 30.7. The molecule has 4 rings (SSSR count). The Morgan fingerprint density at radius 3 is 2.58 bits per heavy atom. The van der Waals surface area contributed by atoms with Crippen molar-refractivity contribution < 1.29 is 4.79 Å². The number of carbonyl (C=O) groups excluding carboxylic acids is 1. The van der Waals surface area contributed by atoms with E-state index in [0.717, 1.165) is 47.5 Å². The normalized spacial score (nSPS) is 16.3. The molecule has 0 saturated carbocycles. The lowest BCUT2D eigenvalue weighted by Gasteiger charge is -2.31. The third-order valence-electron chi connectivity index (χ3n) is 6.16. The molecule has 3 heterocycles. The summed E-state index contributed by atoms with van der Waals surface area (Å²) in [5.41, 5.74) is 10.6. The fourth-order valence-electron chi connectivity index (χ4n) is 4.47. The van der Waals surface area contributed by atoms with Crippen molar-refractivity contribution in [1.82, 2.24) is 24.8 Å². The molecule has 1 fully saturated rings. The Bertz CT molecular complexity index is 1080. The molecule has 33 heavy (non-hydrogen) atoms. The van der Waals surface area contributed by atoms with Crippen molar-refractivity contribution in [1.29, 1.82) is 0 Å². The van der Waals surface area contributed by atoms with Crippen molar-refractivity contribution in [3.63, 3.8) is 0 Å². The molecular weight excluding hydrogens is 412 g/mol. The summed E-state index contributed by atoms with van der Waals surface area (Å²) in [6.45, 7) is 8.06. The standard InChI is InChI=1S/C26H32N6O/c1-18(2)32(16-20-8-5-4-6-9-20)25(33)17-31-11-7-10-24(31)23-13-21(12-19(3)30-23)22-14-28-26(27)29-15-22/h4-6,8-9,12-15,18,24H,7,10-11,16-17H2,1-3H3,(H2,27,28,29)/t24-/m0/s1. The molecule has 1 aliphatic heterocycles. The smallest absolute Gasteiger partial charge is 0.237 e. The maximum Gasteiger partial charge on any atom is 0.237 e. The molecule has 3 aromatic rings. The number of hydrogen-bond acceptors (Lipinski definition) is 6. The van der Waals surface area contributed by atoms with E-state index >= 15 is 0 Å². The average Bonchev–Trinajstić information content (AvgIpc) is 3.26. The van der Waals surface area contributed by atoms with Crippen LogP contribution in [0.1, 0.15) is 49.7 Å². The Morgan fingerprint density at radius 1 is 1.15 bits per heavy atom. The van der Waals surface area contributed by atoms with E-state index in [9.17, 15) is 4.79 Å². The van der Waals surface area contributed by atoms with Crippen LogP contribution in [0.2, 0.25) is 0 Å². The summed E-state index contributed by atoms with van der Waals surface area (Å²) in [7, 11) is 0. The largest absolute Gasteiger partial charge is 0.368 e. The minimum absolute atomic E-state index is 0.119. The number of aromatic nitrogens is 3. The Kier molecular flexibility index (Phi) is 6.99. The summed E-state index contributed by atoms with van der Waals surface area (Å²) in [5.74, 6) is 0.413. The number of rotatable bonds is 7. The molecule has 2 N–H and O–H groups in total. The second kappa shape index (κ2) is 10.1. The van der Waals surface area contributed by atoms with Crippen molar-refractivity contribution in [2.45, 2.75) is 52.2 Å². The summed E-state index contributed by atoms with van der Waals surface area (Å²) >= 11 is 0. The van der Waals surface area contributed by atoms with Crippen LogP contribution in [0.5, 0.6) is 0 Å². The van der Waals surface area contributed by atoms with Crippen molar-refractivity contribution in [2.75, 3.05) is 18.8 Å². The topological polar surface area (TPSA) is 88.2 Å². The van der Waals surface area contributed by atoms with Gasteiger partial charge in [0.05, 0.1) is 18.3 Å². The SMILES string of the molecule is Cc1cc(-c2cnc(N)nc2)cc([C@@H]2CCCN2CC(=O)N(Cc2ccccc2)C(C)C)n1. The third kappa shape index (κ3) is 5.54. The van der Waals surface area contributed by atoms with Gasteiger partial charge in [-0.3, -0.25) is 14.7 Å². The van der Waals surface area contributed by atoms with E-state index in [1.165, 1.54) is 0 Å². The highest BCUT2D eigenvalue weighted by Crippen LogP contribution is 2.33. The van der Waals surface area contributed by atoms with E-state index in [4.69, 9.17) is 10.7 Å². The van der Waals surface area contributed by atoms with Gasteiger partial charge in [0, 0.05) is 36.2 Å². The maximum absolute atomic E-state index is 13.3. The number of benzene rings is 1. The summed E-state index contributed by atoms with van der Waals surface area (Å²) in [5, 5.41) is 0. The Hall–Kier alpha value is -3.32. The van der Waals surface area contributed by atoms with E-state index in [2.05, 4.69) is 46.9 Å². The van der Waals surface area contributed by atoms with Gasteiger partial charge in [-0.2, -0.15) is 0 Å². The van der Waals surface area contributed by atoms with Crippen LogP contribution in [0.25, 0.3) is 11.1 Å². The molecule has 0 bridgehead atoms. The number of amides is 1. The monoisotopic (exact) mass is 444 g/mol. The van der Waals surface area contributed by atoms with Crippen molar-refractivity contribution >= 4 is 11.9 Å². The lowest BCUT2D eigenvalue weighted by Crippen LogP contribution is -2.43. The molecule has 7 heteroatoms. The van der Waals surface area contributed by atoms with Crippen LogP contribution in [0.15, 0.2) is 54.9 Å². The van der Waals surface area contributed by atoms with Crippen LogP contribution in [0, 0.1) is 6.92 Å². The first-order chi connectivity index (χ1) is 15.9. The van der Waals surface area contributed by atoms with E-state index in [0.29, 0.717) is 13.1 Å². The number of likely N-dealkylation sites (tertiary alicyclic amines) is 1. The lowest BCUT2D eigenvalue weighted by atomic mass is 10.0. The number of anilines is 1. The molecule has 0 aliphatic carbocycles. The highest BCUT2D eigenvalue weighted by atomic mass is 16.2. The number of nitrogens with zero attached hydrogens (tertiary/aromatic N) is 5. The molecule has 0 unspecified atom stereocenters. The second-order valence-electron chi connectivity index (χ2n) is 8.98. The first-order valence-electron chi connectivity index (χ1n) is 11.5. The highest BCUT2D eigenvalue weighted by molar-refractivity contribution is 5.78.